The molecule has 0 aliphatic heterocycles. The second-order valence-corrected chi connectivity index (χ2v) is 5.46. The molecule has 4 rings (SSSR count). The van der Waals surface area contributed by atoms with Crippen LogP contribution >= 0.6 is 0 Å². The molecule has 0 aromatic heterocycles. The van der Waals surface area contributed by atoms with Crippen molar-refractivity contribution in [2.45, 2.75) is 18.3 Å². The van der Waals surface area contributed by atoms with Gasteiger partial charge in [-0.15, -0.1) is 0 Å². The van der Waals surface area contributed by atoms with E-state index in [1.54, 1.807) is 0 Å². The molecule has 2 aliphatic rings. The third-order valence-corrected chi connectivity index (χ3v) is 4.58. The molecule has 0 amide bonds. The van der Waals surface area contributed by atoms with Crippen LogP contribution in [0.3, 0.4) is 0 Å². The molecule has 0 radical (unpaired) electrons. The predicted octanol–water partition coefficient (Wildman–Crippen LogP) is 3.12. The summed E-state index contributed by atoms with van der Waals surface area (Å²) in [6, 6.07) is 15.0. The van der Waals surface area contributed by atoms with E-state index in [2.05, 4.69) is 0 Å². The molecule has 0 saturated carbocycles. The van der Waals surface area contributed by atoms with E-state index in [0.29, 0.717) is 11.1 Å². The minimum atomic E-state index is -0.711. The van der Waals surface area contributed by atoms with Gasteiger partial charge in [0, 0.05) is 11.1 Å². The average Bonchev–Trinajstić information content (AvgIpc) is 2.82. The SMILES string of the molecule is CC12C(=O)c3ccccc3C1C(=O)c1ccccc12. The quantitative estimate of drug-likeness (QED) is 0.717. The van der Waals surface area contributed by atoms with Gasteiger partial charge in [-0.25, -0.2) is 0 Å². The van der Waals surface area contributed by atoms with Crippen molar-refractivity contribution in [1.29, 1.82) is 0 Å². The van der Waals surface area contributed by atoms with Crippen LogP contribution in [0.2, 0.25) is 0 Å². The molecule has 19 heavy (non-hydrogen) atoms. The summed E-state index contributed by atoms with van der Waals surface area (Å²) < 4.78 is 0. The molecule has 2 atom stereocenters. The molecule has 0 heterocycles. The molecule has 2 heteroatoms. The Hall–Kier alpha value is -2.22. The minimum Gasteiger partial charge on any atom is -0.293 e. The van der Waals surface area contributed by atoms with Crippen LogP contribution in [0.15, 0.2) is 48.5 Å². The topological polar surface area (TPSA) is 34.1 Å². The number of hydrogen-bond donors (Lipinski definition) is 0. The third-order valence-electron chi connectivity index (χ3n) is 4.58. The van der Waals surface area contributed by atoms with Gasteiger partial charge in [0.05, 0.1) is 11.3 Å². The number of hydrogen-bond acceptors (Lipinski definition) is 2. The molecule has 0 saturated heterocycles. The summed E-state index contributed by atoms with van der Waals surface area (Å²) in [5.74, 6) is -0.184. The minimum absolute atomic E-state index is 0.0754. The lowest BCUT2D eigenvalue weighted by atomic mass is 9.76. The zero-order valence-electron chi connectivity index (χ0n) is 10.5. The molecule has 0 N–H and O–H groups in total. The summed E-state index contributed by atoms with van der Waals surface area (Å²) in [7, 11) is 0. The molecule has 2 aliphatic carbocycles. The highest BCUT2D eigenvalue weighted by Gasteiger charge is 2.59. The lowest BCUT2D eigenvalue weighted by Crippen LogP contribution is -2.30. The van der Waals surface area contributed by atoms with Crippen LogP contribution < -0.4 is 0 Å². The fourth-order valence-corrected chi connectivity index (χ4v) is 3.66. The Balaban J connectivity index is 2.08. The van der Waals surface area contributed by atoms with Crippen LogP contribution in [0.1, 0.15) is 44.7 Å². The Morgan fingerprint density at radius 3 is 2.32 bits per heavy atom. The molecule has 2 aromatic carbocycles. The summed E-state index contributed by atoms with van der Waals surface area (Å²) in [5.41, 5.74) is 2.47. The predicted molar refractivity (Wildman–Crippen MR) is 71.6 cm³/mol. The molecule has 92 valence electrons. The van der Waals surface area contributed by atoms with Crippen LogP contribution in [0.4, 0.5) is 0 Å². The molecular weight excluding hydrogens is 236 g/mol. The number of Topliss-reactive ketones (excluding diaryl/α,β-unsaturated/α-hetero) is 2. The van der Waals surface area contributed by atoms with E-state index in [-0.39, 0.29) is 17.5 Å². The normalized spacial score (nSPS) is 27.1. The fourth-order valence-electron chi connectivity index (χ4n) is 3.66. The molecule has 0 bridgehead atoms. The number of benzene rings is 2. The summed E-state index contributed by atoms with van der Waals surface area (Å²) in [4.78, 5) is 25.4. The fraction of sp³-hybridized carbons (Fsp3) is 0.176. The monoisotopic (exact) mass is 248 g/mol. The highest BCUT2D eigenvalue weighted by atomic mass is 16.1. The lowest BCUT2D eigenvalue weighted by molar-refractivity contribution is 0.0853. The Labute approximate surface area is 111 Å². The van der Waals surface area contributed by atoms with E-state index in [0.717, 1.165) is 11.1 Å². The Kier molecular flexibility index (Phi) is 1.80. The van der Waals surface area contributed by atoms with Crippen LogP contribution in [0, 0.1) is 0 Å². The van der Waals surface area contributed by atoms with Crippen LogP contribution in [0.5, 0.6) is 0 Å². The van der Waals surface area contributed by atoms with E-state index in [1.807, 2.05) is 55.5 Å². The Bertz CT molecular complexity index is 744. The maximum atomic E-state index is 12.8. The van der Waals surface area contributed by atoms with Gasteiger partial charge in [0.2, 0.25) is 0 Å². The highest BCUT2D eigenvalue weighted by Crippen LogP contribution is 2.55. The van der Waals surface area contributed by atoms with Crippen molar-refractivity contribution < 1.29 is 9.59 Å². The molecule has 2 aromatic rings. The molecule has 0 spiro atoms. The van der Waals surface area contributed by atoms with Gasteiger partial charge in [0.25, 0.3) is 0 Å². The van der Waals surface area contributed by atoms with Gasteiger partial charge in [0.1, 0.15) is 0 Å². The second kappa shape index (κ2) is 3.21. The zero-order valence-corrected chi connectivity index (χ0v) is 10.5. The van der Waals surface area contributed by atoms with Gasteiger partial charge in [-0.1, -0.05) is 48.5 Å². The van der Waals surface area contributed by atoms with Gasteiger partial charge in [-0.3, -0.25) is 9.59 Å². The van der Waals surface area contributed by atoms with Crippen molar-refractivity contribution in [3.63, 3.8) is 0 Å². The first kappa shape index (κ1) is 10.7. The van der Waals surface area contributed by atoms with Crippen LogP contribution in [0.25, 0.3) is 0 Å². The maximum absolute atomic E-state index is 12.8. The number of ketones is 2. The first-order valence-electron chi connectivity index (χ1n) is 6.43. The molecule has 0 fully saturated rings. The van der Waals surface area contributed by atoms with Crippen molar-refractivity contribution >= 4 is 11.6 Å². The maximum Gasteiger partial charge on any atom is 0.174 e. The Morgan fingerprint density at radius 2 is 1.53 bits per heavy atom. The summed E-state index contributed by atoms with van der Waals surface area (Å²) in [6.07, 6.45) is 0. The van der Waals surface area contributed by atoms with Gasteiger partial charge in [-0.05, 0) is 18.1 Å². The Morgan fingerprint density at radius 1 is 0.895 bits per heavy atom. The summed E-state index contributed by atoms with van der Waals surface area (Å²) >= 11 is 0. The number of carbonyl (C=O) groups is 2. The van der Waals surface area contributed by atoms with E-state index in [1.165, 1.54) is 0 Å². The van der Waals surface area contributed by atoms with Crippen molar-refractivity contribution in [2.24, 2.45) is 0 Å². The lowest BCUT2D eigenvalue weighted by Gasteiger charge is -2.22. The van der Waals surface area contributed by atoms with E-state index >= 15 is 0 Å². The number of carbonyl (C=O) groups excluding carboxylic acids is 2. The van der Waals surface area contributed by atoms with Gasteiger partial charge in [0.15, 0.2) is 11.6 Å². The zero-order chi connectivity index (χ0) is 13.2. The first-order valence-corrected chi connectivity index (χ1v) is 6.43. The number of fused-ring (bicyclic) bond motifs is 5. The van der Waals surface area contributed by atoms with Crippen molar-refractivity contribution in [3.05, 3.63) is 70.8 Å². The van der Waals surface area contributed by atoms with Crippen LogP contribution in [-0.4, -0.2) is 11.6 Å². The standard InChI is InChI=1S/C17H12O2/c1-17-13-9-5-4-8-12(13)15(18)14(17)10-6-2-3-7-11(10)16(17)19/h2-9,14H,1H3. The average molecular weight is 248 g/mol. The molecule has 2 nitrogen and oxygen atoms in total. The molecule has 2 unspecified atom stereocenters. The second-order valence-electron chi connectivity index (χ2n) is 5.46. The number of rotatable bonds is 0. The first-order chi connectivity index (χ1) is 9.15. The third kappa shape index (κ3) is 1.04. The molecular formula is C17H12O2. The van der Waals surface area contributed by atoms with Gasteiger partial charge in [-0.2, -0.15) is 0 Å². The van der Waals surface area contributed by atoms with E-state index in [4.69, 9.17) is 0 Å². The summed E-state index contributed by atoms with van der Waals surface area (Å²) in [6.45, 7) is 1.91. The van der Waals surface area contributed by atoms with Crippen molar-refractivity contribution in [1.82, 2.24) is 0 Å². The van der Waals surface area contributed by atoms with Gasteiger partial charge >= 0.3 is 0 Å². The highest BCUT2D eigenvalue weighted by molar-refractivity contribution is 6.22. The summed E-state index contributed by atoms with van der Waals surface area (Å²) in [5, 5.41) is 0. The smallest absolute Gasteiger partial charge is 0.174 e. The van der Waals surface area contributed by atoms with E-state index < -0.39 is 5.41 Å². The van der Waals surface area contributed by atoms with Gasteiger partial charge < -0.3 is 0 Å². The van der Waals surface area contributed by atoms with Crippen molar-refractivity contribution in [3.8, 4) is 0 Å². The van der Waals surface area contributed by atoms with Crippen LogP contribution in [-0.2, 0) is 5.41 Å². The van der Waals surface area contributed by atoms with E-state index in [9.17, 15) is 9.59 Å². The van der Waals surface area contributed by atoms with Crippen molar-refractivity contribution in [2.75, 3.05) is 0 Å². The largest absolute Gasteiger partial charge is 0.293 e.